The zero-order chi connectivity index (χ0) is 38.8. The van der Waals surface area contributed by atoms with Gasteiger partial charge in [-0.05, 0) is 98.8 Å². The van der Waals surface area contributed by atoms with Crippen LogP contribution in [0.5, 0.6) is 0 Å². The normalized spacial score (nSPS) is 25.1. The summed E-state index contributed by atoms with van der Waals surface area (Å²) in [6.45, 7) is 20.0. The van der Waals surface area contributed by atoms with E-state index in [4.69, 9.17) is 14.2 Å². The van der Waals surface area contributed by atoms with Crippen LogP contribution in [0.4, 0.5) is 0 Å². The molecule has 3 heterocycles. The molecule has 298 valence electrons. The molecular formula is C40H71N5O7. The second kappa shape index (κ2) is 20.1. The molecule has 12 heteroatoms. The molecular weight excluding hydrogens is 662 g/mol. The standard InChI is InChI=1S/C40H71N5O7/c1-27(2)14-18-45(32(24-46)13-12-16-44-17-15-33-31(23-44)21-41-26-42-33)22-28(3)20-40(8,50-11)37(30(5)36(49)39(6,7)25-47)52-38-35(48)34(43(9)10)19-29(4)51-38/h21,25-30,32,34-35,37-38,46,48H,12-20,22-24H2,1-11H3/t28-,29-,30+,32-,34+,35-,37-,38+,40-/m1/s1. The minimum Gasteiger partial charge on any atom is -0.395 e. The topological polar surface area (TPSA) is 138 Å². The van der Waals surface area contributed by atoms with Gasteiger partial charge in [-0.2, -0.15) is 0 Å². The molecule has 0 unspecified atom stereocenters. The fourth-order valence-electron chi connectivity index (χ4n) is 8.15. The van der Waals surface area contributed by atoms with Gasteiger partial charge in [-0.15, -0.1) is 0 Å². The second-order valence-corrected chi connectivity index (χ2v) is 17.1. The molecule has 3 rings (SSSR count). The van der Waals surface area contributed by atoms with Gasteiger partial charge in [-0.3, -0.25) is 14.6 Å². The van der Waals surface area contributed by atoms with Gasteiger partial charge in [0.05, 0.1) is 29.8 Å². The number of likely N-dealkylation sites (N-methyl/N-ethyl adjacent to an activating group) is 1. The Morgan fingerprint density at radius 1 is 1.19 bits per heavy atom. The lowest BCUT2D eigenvalue weighted by atomic mass is 9.74. The van der Waals surface area contributed by atoms with Gasteiger partial charge in [0.15, 0.2) is 12.1 Å². The average Bonchev–Trinajstić information content (AvgIpc) is 3.11. The molecule has 0 radical (unpaired) electrons. The van der Waals surface area contributed by atoms with E-state index in [-0.39, 0.29) is 36.5 Å². The number of aliphatic hydroxyl groups excluding tert-OH is 2. The number of fused-ring (bicyclic) bond motifs is 1. The third-order valence-electron chi connectivity index (χ3n) is 11.4. The fraction of sp³-hybridized carbons (Fsp3) is 0.850. The summed E-state index contributed by atoms with van der Waals surface area (Å²) in [5.41, 5.74) is 0.146. The molecule has 1 saturated heterocycles. The van der Waals surface area contributed by atoms with Crippen molar-refractivity contribution < 1.29 is 34.0 Å². The molecule has 1 fully saturated rings. The third kappa shape index (κ3) is 12.1. The van der Waals surface area contributed by atoms with E-state index in [0.717, 1.165) is 64.1 Å². The Kier molecular flexibility index (Phi) is 17.2. The highest BCUT2D eigenvalue weighted by atomic mass is 16.7. The van der Waals surface area contributed by atoms with Crippen LogP contribution < -0.4 is 0 Å². The summed E-state index contributed by atoms with van der Waals surface area (Å²) < 4.78 is 19.2. The number of nitrogens with zero attached hydrogens (tertiary/aromatic N) is 5. The van der Waals surface area contributed by atoms with Crippen LogP contribution in [0.15, 0.2) is 12.5 Å². The highest BCUT2D eigenvalue weighted by Gasteiger charge is 2.49. The Hall–Kier alpha value is -1.90. The first-order chi connectivity index (χ1) is 24.5. The SMILES string of the molecule is CO[C@](C)(C[C@@H](C)CN(CCC(C)C)[C@@H](CO)CCCN1CCc2ncncc2C1)[C@H](O[C@@H]1O[C@H](C)C[C@H](N(C)C)[C@H]1O)[C@@H](C)C(=O)C(C)(C)C=O. The molecule has 0 aromatic carbocycles. The number of aliphatic hydroxyl groups is 2. The first-order valence-electron chi connectivity index (χ1n) is 19.5. The van der Waals surface area contributed by atoms with E-state index in [1.54, 1.807) is 34.2 Å². The molecule has 0 bridgehead atoms. The number of Topliss-reactive ketones (excluding diaryl/α,β-unsaturated/α-hetero) is 1. The van der Waals surface area contributed by atoms with Gasteiger partial charge in [0.25, 0.3) is 0 Å². The van der Waals surface area contributed by atoms with Crippen molar-refractivity contribution in [3.63, 3.8) is 0 Å². The monoisotopic (exact) mass is 734 g/mol. The maximum absolute atomic E-state index is 13.9. The number of methoxy groups -OCH3 is 1. The van der Waals surface area contributed by atoms with Crippen LogP contribution in [0.2, 0.25) is 0 Å². The molecule has 2 aliphatic heterocycles. The molecule has 12 nitrogen and oxygen atoms in total. The Labute approximate surface area is 314 Å². The van der Waals surface area contributed by atoms with Crippen molar-refractivity contribution in [2.45, 2.75) is 143 Å². The van der Waals surface area contributed by atoms with Crippen LogP contribution in [0, 0.1) is 23.2 Å². The van der Waals surface area contributed by atoms with Crippen molar-refractivity contribution in [2.24, 2.45) is 23.2 Å². The quantitative estimate of drug-likeness (QED) is 0.132. The lowest BCUT2D eigenvalue weighted by Gasteiger charge is -2.47. The van der Waals surface area contributed by atoms with E-state index in [1.165, 1.54) is 5.56 Å². The van der Waals surface area contributed by atoms with E-state index >= 15 is 0 Å². The molecule has 1 aromatic heterocycles. The van der Waals surface area contributed by atoms with Crippen LogP contribution in [0.3, 0.4) is 0 Å². The summed E-state index contributed by atoms with van der Waals surface area (Å²) in [6, 6.07) is -0.184. The van der Waals surface area contributed by atoms with Crippen molar-refractivity contribution in [2.75, 3.05) is 54.0 Å². The minimum atomic E-state index is -1.22. The van der Waals surface area contributed by atoms with Crippen molar-refractivity contribution in [3.05, 3.63) is 23.8 Å². The molecule has 0 spiro atoms. The van der Waals surface area contributed by atoms with E-state index in [0.29, 0.717) is 25.0 Å². The summed E-state index contributed by atoms with van der Waals surface area (Å²) >= 11 is 0. The number of carbonyl (C=O) groups is 2. The number of ketones is 1. The third-order valence-corrected chi connectivity index (χ3v) is 11.4. The molecule has 9 atom stereocenters. The van der Waals surface area contributed by atoms with Crippen molar-refractivity contribution in [1.29, 1.82) is 0 Å². The van der Waals surface area contributed by atoms with Gasteiger partial charge in [-0.1, -0.05) is 27.7 Å². The first-order valence-corrected chi connectivity index (χ1v) is 19.5. The Balaban J connectivity index is 1.80. The average molecular weight is 734 g/mol. The van der Waals surface area contributed by atoms with Gasteiger partial charge in [-0.25, -0.2) is 9.97 Å². The molecule has 2 N–H and O–H groups in total. The number of rotatable bonds is 22. The molecule has 0 aliphatic carbocycles. The van der Waals surface area contributed by atoms with E-state index in [2.05, 4.69) is 40.5 Å². The number of aldehydes is 1. The predicted octanol–water partition coefficient (Wildman–Crippen LogP) is 4.00. The van der Waals surface area contributed by atoms with Crippen LogP contribution in [0.25, 0.3) is 0 Å². The van der Waals surface area contributed by atoms with Gasteiger partial charge < -0.3 is 34.1 Å². The van der Waals surface area contributed by atoms with Crippen molar-refractivity contribution in [1.82, 2.24) is 24.7 Å². The summed E-state index contributed by atoms with van der Waals surface area (Å²) in [7, 11) is 5.48. The Morgan fingerprint density at radius 2 is 1.90 bits per heavy atom. The Bertz CT molecular complexity index is 1250. The number of carbonyl (C=O) groups excluding carboxylic acids is 2. The van der Waals surface area contributed by atoms with Gasteiger partial charge in [0, 0.05) is 68.6 Å². The van der Waals surface area contributed by atoms with E-state index < -0.39 is 35.4 Å². The van der Waals surface area contributed by atoms with Crippen LogP contribution in [0.1, 0.15) is 98.8 Å². The Morgan fingerprint density at radius 3 is 2.52 bits per heavy atom. The first kappa shape index (κ1) is 44.5. The van der Waals surface area contributed by atoms with Crippen LogP contribution in [-0.4, -0.2) is 143 Å². The van der Waals surface area contributed by atoms with Crippen molar-refractivity contribution >= 4 is 12.1 Å². The molecule has 0 saturated carbocycles. The maximum atomic E-state index is 13.9. The largest absolute Gasteiger partial charge is 0.395 e. The zero-order valence-corrected chi connectivity index (χ0v) is 34.1. The number of hydrogen-bond donors (Lipinski definition) is 2. The lowest BCUT2D eigenvalue weighted by Crippen LogP contribution is -2.59. The summed E-state index contributed by atoms with van der Waals surface area (Å²) in [5, 5.41) is 22.1. The smallest absolute Gasteiger partial charge is 0.185 e. The van der Waals surface area contributed by atoms with E-state index in [9.17, 15) is 19.8 Å². The highest BCUT2D eigenvalue weighted by Crippen LogP contribution is 2.37. The van der Waals surface area contributed by atoms with Gasteiger partial charge in [0.1, 0.15) is 18.7 Å². The highest BCUT2D eigenvalue weighted by molar-refractivity contribution is 5.98. The molecule has 52 heavy (non-hydrogen) atoms. The van der Waals surface area contributed by atoms with E-state index in [1.807, 2.05) is 39.0 Å². The van der Waals surface area contributed by atoms with Crippen molar-refractivity contribution in [3.8, 4) is 0 Å². The number of ether oxygens (including phenoxy) is 3. The van der Waals surface area contributed by atoms with Crippen LogP contribution >= 0.6 is 0 Å². The summed E-state index contributed by atoms with van der Waals surface area (Å²) in [6.07, 6.45) is 6.27. The minimum absolute atomic E-state index is 0.00610. The zero-order valence-electron chi connectivity index (χ0n) is 34.1. The van der Waals surface area contributed by atoms with Crippen LogP contribution in [-0.2, 0) is 36.8 Å². The second-order valence-electron chi connectivity index (χ2n) is 17.1. The number of hydrogen-bond acceptors (Lipinski definition) is 12. The lowest BCUT2D eigenvalue weighted by molar-refractivity contribution is -0.295. The molecule has 0 amide bonds. The predicted molar refractivity (Wildman–Crippen MR) is 203 cm³/mol. The van der Waals surface area contributed by atoms with Gasteiger partial charge >= 0.3 is 0 Å². The molecule has 2 aliphatic rings. The fourth-order valence-corrected chi connectivity index (χ4v) is 8.15. The van der Waals surface area contributed by atoms with Gasteiger partial charge in [0.2, 0.25) is 0 Å². The molecule has 1 aromatic rings. The summed E-state index contributed by atoms with van der Waals surface area (Å²) in [5.74, 6) is -0.394. The number of aromatic nitrogens is 2. The maximum Gasteiger partial charge on any atom is 0.185 e. The summed E-state index contributed by atoms with van der Waals surface area (Å²) in [4.78, 5) is 41.4.